The van der Waals surface area contributed by atoms with Crippen molar-refractivity contribution in [1.29, 1.82) is 0 Å². The fourth-order valence-electron chi connectivity index (χ4n) is 2.41. The number of ether oxygens (including phenoxy) is 1. The number of anilines is 2. The van der Waals surface area contributed by atoms with Gasteiger partial charge in [0.05, 0.1) is 17.7 Å². The van der Waals surface area contributed by atoms with Gasteiger partial charge in [-0.3, -0.25) is 9.59 Å². The van der Waals surface area contributed by atoms with Crippen LogP contribution >= 0.6 is 0 Å². The van der Waals surface area contributed by atoms with Crippen LogP contribution in [0.5, 0.6) is 5.75 Å². The second kappa shape index (κ2) is 6.41. The second-order valence-corrected chi connectivity index (χ2v) is 5.24. The third kappa shape index (κ3) is 3.35. The number of aromatic carboxylic acids is 1. The van der Waals surface area contributed by atoms with Crippen LogP contribution in [0.4, 0.5) is 11.4 Å². The highest BCUT2D eigenvalue weighted by Crippen LogP contribution is 2.30. The Morgan fingerprint density at radius 2 is 2.00 bits per heavy atom. The van der Waals surface area contributed by atoms with Crippen LogP contribution in [0.1, 0.15) is 15.9 Å². The lowest BCUT2D eigenvalue weighted by Gasteiger charge is -2.18. The van der Waals surface area contributed by atoms with Crippen molar-refractivity contribution >= 4 is 29.2 Å². The lowest BCUT2D eigenvalue weighted by molar-refractivity contribution is -0.118. The standard InChI is InChI=1S/C17H14N2O5/c20-15(7-10-3-1-2-4-12(10)17(22)23)18-11-5-6-13-14(8-11)24-9-16(21)19-13/h1-6,8H,7,9H2,(H,18,20)(H,19,21)(H,22,23). The predicted molar refractivity (Wildman–Crippen MR) is 86.3 cm³/mol. The van der Waals surface area contributed by atoms with E-state index in [-0.39, 0.29) is 30.4 Å². The molecule has 7 nitrogen and oxygen atoms in total. The molecule has 0 spiro atoms. The Balaban J connectivity index is 1.72. The SMILES string of the molecule is O=C(Cc1ccccc1C(=O)O)Nc1ccc2c(c1)OCC(=O)N2. The van der Waals surface area contributed by atoms with Gasteiger partial charge in [0.1, 0.15) is 5.75 Å². The zero-order chi connectivity index (χ0) is 17.1. The summed E-state index contributed by atoms with van der Waals surface area (Å²) in [5.74, 6) is -1.18. The van der Waals surface area contributed by atoms with E-state index < -0.39 is 5.97 Å². The van der Waals surface area contributed by atoms with Crippen LogP contribution in [0.3, 0.4) is 0 Å². The lowest BCUT2D eigenvalue weighted by atomic mass is 10.0. The highest BCUT2D eigenvalue weighted by Gasteiger charge is 2.17. The largest absolute Gasteiger partial charge is 0.482 e. The van der Waals surface area contributed by atoms with Crippen molar-refractivity contribution in [3.05, 3.63) is 53.6 Å². The van der Waals surface area contributed by atoms with Crippen LogP contribution in [-0.4, -0.2) is 29.5 Å². The lowest BCUT2D eigenvalue weighted by Crippen LogP contribution is -2.25. The number of carboxylic acid groups (broad SMARTS) is 1. The summed E-state index contributed by atoms with van der Waals surface area (Å²) in [5, 5.41) is 14.5. The molecule has 7 heteroatoms. The molecule has 2 aromatic carbocycles. The molecular weight excluding hydrogens is 312 g/mol. The molecule has 0 fully saturated rings. The van der Waals surface area contributed by atoms with Crippen molar-refractivity contribution in [3.8, 4) is 5.75 Å². The molecule has 0 atom stereocenters. The molecule has 1 aliphatic heterocycles. The average molecular weight is 326 g/mol. The molecule has 3 N–H and O–H groups in total. The number of carbonyl (C=O) groups excluding carboxylic acids is 2. The monoisotopic (exact) mass is 326 g/mol. The molecule has 2 amide bonds. The van der Waals surface area contributed by atoms with Crippen molar-refractivity contribution in [2.75, 3.05) is 17.2 Å². The minimum atomic E-state index is -1.07. The van der Waals surface area contributed by atoms with E-state index in [0.717, 1.165) is 0 Å². The Labute approximate surface area is 137 Å². The van der Waals surface area contributed by atoms with Gasteiger partial charge in [-0.2, -0.15) is 0 Å². The molecule has 24 heavy (non-hydrogen) atoms. The summed E-state index contributed by atoms with van der Waals surface area (Å²) in [6.45, 7) is -0.0730. The number of hydrogen-bond donors (Lipinski definition) is 3. The Morgan fingerprint density at radius 3 is 2.79 bits per heavy atom. The van der Waals surface area contributed by atoms with E-state index in [1.165, 1.54) is 6.07 Å². The zero-order valence-corrected chi connectivity index (χ0v) is 12.5. The maximum absolute atomic E-state index is 12.2. The fourth-order valence-corrected chi connectivity index (χ4v) is 2.41. The van der Waals surface area contributed by atoms with E-state index in [1.807, 2.05) is 0 Å². The molecule has 2 aromatic rings. The summed E-state index contributed by atoms with van der Waals surface area (Å²) in [6, 6.07) is 11.2. The number of hydrogen-bond acceptors (Lipinski definition) is 4. The highest BCUT2D eigenvalue weighted by molar-refractivity contribution is 5.98. The molecule has 1 aliphatic rings. The first-order valence-electron chi connectivity index (χ1n) is 7.20. The van der Waals surface area contributed by atoms with Gasteiger partial charge in [-0.05, 0) is 23.8 Å². The predicted octanol–water partition coefficient (Wildman–Crippen LogP) is 1.90. The van der Waals surface area contributed by atoms with Gasteiger partial charge in [0, 0.05) is 11.8 Å². The average Bonchev–Trinajstić information content (AvgIpc) is 2.55. The van der Waals surface area contributed by atoms with Crippen LogP contribution in [0.25, 0.3) is 0 Å². The van der Waals surface area contributed by atoms with Crippen LogP contribution in [0, 0.1) is 0 Å². The molecule has 0 saturated heterocycles. The van der Waals surface area contributed by atoms with Crippen LogP contribution < -0.4 is 15.4 Å². The van der Waals surface area contributed by atoms with E-state index in [0.29, 0.717) is 22.7 Å². The number of fused-ring (bicyclic) bond motifs is 1. The Bertz CT molecular complexity index is 831. The van der Waals surface area contributed by atoms with E-state index in [1.54, 1.807) is 36.4 Å². The summed E-state index contributed by atoms with van der Waals surface area (Å²) in [6.07, 6.45) is -0.0584. The van der Waals surface area contributed by atoms with E-state index in [2.05, 4.69) is 10.6 Å². The third-order valence-corrected chi connectivity index (χ3v) is 3.50. The number of nitrogens with one attached hydrogen (secondary N) is 2. The number of rotatable bonds is 4. The normalized spacial score (nSPS) is 12.6. The minimum absolute atomic E-state index is 0.0584. The van der Waals surface area contributed by atoms with Gasteiger partial charge < -0.3 is 20.5 Å². The first-order chi connectivity index (χ1) is 11.5. The van der Waals surface area contributed by atoms with Crippen LogP contribution in [0.2, 0.25) is 0 Å². The van der Waals surface area contributed by atoms with Gasteiger partial charge in [0.25, 0.3) is 5.91 Å². The first-order valence-corrected chi connectivity index (χ1v) is 7.20. The van der Waals surface area contributed by atoms with Crippen molar-refractivity contribution in [2.45, 2.75) is 6.42 Å². The van der Waals surface area contributed by atoms with E-state index in [9.17, 15) is 14.4 Å². The summed E-state index contributed by atoms with van der Waals surface area (Å²) in [7, 11) is 0. The molecule has 122 valence electrons. The van der Waals surface area contributed by atoms with Crippen LogP contribution in [0.15, 0.2) is 42.5 Å². The van der Waals surface area contributed by atoms with Gasteiger partial charge >= 0.3 is 5.97 Å². The Morgan fingerprint density at radius 1 is 1.21 bits per heavy atom. The summed E-state index contributed by atoms with van der Waals surface area (Å²) >= 11 is 0. The molecule has 0 radical (unpaired) electrons. The molecule has 1 heterocycles. The summed E-state index contributed by atoms with van der Waals surface area (Å²) in [4.78, 5) is 34.6. The van der Waals surface area contributed by atoms with Crippen molar-refractivity contribution in [1.82, 2.24) is 0 Å². The second-order valence-electron chi connectivity index (χ2n) is 5.24. The van der Waals surface area contributed by atoms with Crippen molar-refractivity contribution in [3.63, 3.8) is 0 Å². The maximum Gasteiger partial charge on any atom is 0.335 e. The third-order valence-electron chi connectivity index (χ3n) is 3.50. The van der Waals surface area contributed by atoms with E-state index in [4.69, 9.17) is 9.84 Å². The van der Waals surface area contributed by atoms with Gasteiger partial charge in [0.2, 0.25) is 5.91 Å². The zero-order valence-electron chi connectivity index (χ0n) is 12.5. The summed E-state index contributed by atoms with van der Waals surface area (Å²) in [5.41, 5.74) is 1.58. The molecule has 0 saturated carbocycles. The van der Waals surface area contributed by atoms with Crippen LogP contribution in [-0.2, 0) is 16.0 Å². The topological polar surface area (TPSA) is 105 Å². The smallest absolute Gasteiger partial charge is 0.335 e. The summed E-state index contributed by atoms with van der Waals surface area (Å²) < 4.78 is 5.29. The van der Waals surface area contributed by atoms with Gasteiger partial charge in [-0.15, -0.1) is 0 Å². The molecule has 0 aliphatic carbocycles. The van der Waals surface area contributed by atoms with Crippen molar-refractivity contribution in [2.24, 2.45) is 0 Å². The number of carbonyl (C=O) groups is 3. The fraction of sp³-hybridized carbons (Fsp3) is 0.118. The maximum atomic E-state index is 12.2. The first kappa shape index (κ1) is 15.5. The highest BCUT2D eigenvalue weighted by atomic mass is 16.5. The number of benzene rings is 2. The van der Waals surface area contributed by atoms with Crippen molar-refractivity contribution < 1.29 is 24.2 Å². The number of amides is 2. The van der Waals surface area contributed by atoms with Gasteiger partial charge in [-0.25, -0.2) is 4.79 Å². The van der Waals surface area contributed by atoms with Gasteiger partial charge in [-0.1, -0.05) is 18.2 Å². The Kier molecular flexibility index (Phi) is 4.15. The molecular formula is C17H14N2O5. The van der Waals surface area contributed by atoms with Gasteiger partial charge in [0.15, 0.2) is 6.61 Å². The quantitative estimate of drug-likeness (QED) is 0.796. The Hall–Kier alpha value is -3.35. The molecule has 0 aromatic heterocycles. The molecule has 0 unspecified atom stereocenters. The van der Waals surface area contributed by atoms with E-state index >= 15 is 0 Å². The molecule has 0 bridgehead atoms. The molecule has 3 rings (SSSR count). The minimum Gasteiger partial charge on any atom is -0.482 e. The number of carboxylic acids is 1.